The zero-order valence-electron chi connectivity index (χ0n) is 13.4. The lowest BCUT2D eigenvalue weighted by molar-refractivity contribution is -0.384. The molecule has 128 valence electrons. The third-order valence-electron chi connectivity index (χ3n) is 3.98. The number of hydrogen-bond donors (Lipinski definition) is 2. The second-order valence-corrected chi connectivity index (χ2v) is 5.67. The molecule has 1 atom stereocenters. The minimum Gasteiger partial charge on any atom is -0.325 e. The first-order valence-electron chi connectivity index (χ1n) is 7.44. The van der Waals surface area contributed by atoms with Crippen molar-refractivity contribution in [3.05, 3.63) is 33.9 Å². The monoisotopic (exact) mass is 342 g/mol. The molecular weight excluding hydrogens is 320 g/mol. The summed E-state index contributed by atoms with van der Waals surface area (Å²) in [5, 5.41) is 16.8. The molecule has 8 heteroatoms. The van der Waals surface area contributed by atoms with Crippen LogP contribution in [-0.2, 0) is 4.79 Å². The van der Waals surface area contributed by atoms with E-state index in [0.717, 1.165) is 25.9 Å². The van der Waals surface area contributed by atoms with Gasteiger partial charge in [0.1, 0.15) is 0 Å². The van der Waals surface area contributed by atoms with Gasteiger partial charge in [-0.3, -0.25) is 19.8 Å². The molecule has 1 aromatic rings. The Morgan fingerprint density at radius 3 is 2.83 bits per heavy atom. The van der Waals surface area contributed by atoms with Crippen LogP contribution in [-0.4, -0.2) is 48.5 Å². The number of nitrogens with zero attached hydrogens (tertiary/aromatic N) is 2. The van der Waals surface area contributed by atoms with Crippen LogP contribution in [0.2, 0.25) is 0 Å². The molecule has 1 fully saturated rings. The number of nitro groups is 1. The van der Waals surface area contributed by atoms with E-state index < -0.39 is 4.92 Å². The Kier molecular flexibility index (Phi) is 7.41. The Hall–Kier alpha value is -1.70. The molecule has 2 rings (SSSR count). The number of carbonyl (C=O) groups excluding carboxylic acids is 1. The van der Waals surface area contributed by atoms with Crippen molar-refractivity contribution in [2.75, 3.05) is 32.0 Å². The van der Waals surface area contributed by atoms with Crippen LogP contribution >= 0.6 is 12.4 Å². The number of anilines is 1. The molecule has 1 unspecified atom stereocenters. The Morgan fingerprint density at radius 2 is 2.22 bits per heavy atom. The number of halogens is 1. The van der Waals surface area contributed by atoms with E-state index in [0.29, 0.717) is 23.8 Å². The number of hydrogen-bond acceptors (Lipinski definition) is 5. The van der Waals surface area contributed by atoms with E-state index >= 15 is 0 Å². The van der Waals surface area contributed by atoms with E-state index in [9.17, 15) is 14.9 Å². The lowest BCUT2D eigenvalue weighted by Gasteiger charge is -2.31. The number of nitrogens with one attached hydrogen (secondary N) is 2. The van der Waals surface area contributed by atoms with E-state index in [2.05, 4.69) is 15.5 Å². The topological polar surface area (TPSA) is 87.5 Å². The van der Waals surface area contributed by atoms with Crippen molar-refractivity contribution < 1.29 is 9.72 Å². The molecule has 7 nitrogen and oxygen atoms in total. The van der Waals surface area contributed by atoms with E-state index in [1.807, 2.05) is 7.05 Å². The van der Waals surface area contributed by atoms with Crippen LogP contribution in [0.3, 0.4) is 0 Å². The van der Waals surface area contributed by atoms with Gasteiger partial charge in [0, 0.05) is 30.4 Å². The molecule has 1 aromatic carbocycles. The first-order chi connectivity index (χ1) is 10.5. The van der Waals surface area contributed by atoms with Crippen molar-refractivity contribution in [2.24, 2.45) is 0 Å². The maximum Gasteiger partial charge on any atom is 0.269 e. The molecule has 0 aromatic heterocycles. The third-order valence-corrected chi connectivity index (χ3v) is 3.98. The normalized spacial score (nSPS) is 18.1. The fraction of sp³-hybridized carbons (Fsp3) is 0.533. The lowest BCUT2D eigenvalue weighted by Crippen LogP contribution is -2.46. The highest BCUT2D eigenvalue weighted by molar-refractivity contribution is 5.93. The maximum absolute atomic E-state index is 12.1. The van der Waals surface area contributed by atoms with Crippen molar-refractivity contribution in [2.45, 2.75) is 25.8 Å². The van der Waals surface area contributed by atoms with Gasteiger partial charge in [-0.25, -0.2) is 0 Å². The Labute approximate surface area is 142 Å². The summed E-state index contributed by atoms with van der Waals surface area (Å²) in [5.74, 6) is -0.0892. The summed E-state index contributed by atoms with van der Waals surface area (Å²) < 4.78 is 0. The predicted molar refractivity (Wildman–Crippen MR) is 92.2 cm³/mol. The standard InChI is InChI=1S/C15H22N4O3.ClH/c1-11-8-13(19(21)22)5-6-14(11)17-15(20)10-18-7-3-4-12(9-18)16-2;/h5-6,8,12,16H,3-4,7,9-10H2,1-2H3,(H,17,20);1H. The second kappa shape index (κ2) is 8.81. The van der Waals surface area contributed by atoms with E-state index in [1.165, 1.54) is 12.1 Å². The number of amides is 1. The molecule has 1 saturated heterocycles. The first-order valence-corrected chi connectivity index (χ1v) is 7.44. The average Bonchev–Trinajstić information content (AvgIpc) is 2.49. The summed E-state index contributed by atoms with van der Waals surface area (Å²) >= 11 is 0. The Bertz CT molecular complexity index is 568. The molecule has 0 saturated carbocycles. The molecule has 0 spiro atoms. The SMILES string of the molecule is CNC1CCCN(CC(=O)Nc2ccc([N+](=O)[O-])cc2C)C1.Cl. The highest BCUT2D eigenvalue weighted by atomic mass is 35.5. The van der Waals surface area contributed by atoms with Crippen molar-refractivity contribution in [1.82, 2.24) is 10.2 Å². The molecule has 1 heterocycles. The van der Waals surface area contributed by atoms with Gasteiger partial charge in [-0.2, -0.15) is 0 Å². The quantitative estimate of drug-likeness (QED) is 0.630. The number of piperidine rings is 1. The molecule has 0 aliphatic carbocycles. The molecule has 1 aliphatic heterocycles. The summed E-state index contributed by atoms with van der Waals surface area (Å²) in [5.41, 5.74) is 1.34. The highest BCUT2D eigenvalue weighted by Crippen LogP contribution is 2.21. The van der Waals surface area contributed by atoms with Gasteiger partial charge in [0.2, 0.25) is 5.91 Å². The molecule has 2 N–H and O–H groups in total. The number of benzene rings is 1. The number of non-ortho nitro benzene ring substituents is 1. The second-order valence-electron chi connectivity index (χ2n) is 5.67. The molecule has 1 amide bonds. The number of likely N-dealkylation sites (tertiary alicyclic amines) is 1. The van der Waals surface area contributed by atoms with Crippen LogP contribution in [0.5, 0.6) is 0 Å². The van der Waals surface area contributed by atoms with Crippen LogP contribution in [0.15, 0.2) is 18.2 Å². The summed E-state index contributed by atoms with van der Waals surface area (Å²) in [6.07, 6.45) is 2.21. The fourth-order valence-corrected chi connectivity index (χ4v) is 2.73. The molecule has 1 aliphatic rings. The van der Waals surface area contributed by atoms with Gasteiger partial charge < -0.3 is 10.6 Å². The van der Waals surface area contributed by atoms with Crippen LogP contribution in [0.25, 0.3) is 0 Å². The summed E-state index contributed by atoms with van der Waals surface area (Å²) in [6.45, 7) is 3.88. The largest absolute Gasteiger partial charge is 0.325 e. The van der Waals surface area contributed by atoms with Gasteiger partial charge in [0.15, 0.2) is 0 Å². The smallest absolute Gasteiger partial charge is 0.269 e. The molecular formula is C15H23ClN4O3. The van der Waals surface area contributed by atoms with Crippen LogP contribution in [0, 0.1) is 17.0 Å². The van der Waals surface area contributed by atoms with Crippen molar-refractivity contribution in [3.8, 4) is 0 Å². The molecule has 0 radical (unpaired) electrons. The number of rotatable bonds is 5. The fourth-order valence-electron chi connectivity index (χ4n) is 2.73. The highest BCUT2D eigenvalue weighted by Gasteiger charge is 2.20. The van der Waals surface area contributed by atoms with Crippen molar-refractivity contribution >= 4 is 29.7 Å². The van der Waals surface area contributed by atoms with Gasteiger partial charge >= 0.3 is 0 Å². The van der Waals surface area contributed by atoms with Crippen LogP contribution in [0.4, 0.5) is 11.4 Å². The zero-order chi connectivity index (χ0) is 16.1. The number of likely N-dealkylation sites (N-methyl/N-ethyl adjacent to an activating group) is 1. The third kappa shape index (κ3) is 5.46. The Balaban J connectivity index is 0.00000264. The predicted octanol–water partition coefficient (Wildman–Crippen LogP) is 1.95. The Morgan fingerprint density at radius 1 is 1.48 bits per heavy atom. The number of aryl methyl sites for hydroxylation is 1. The van der Waals surface area contributed by atoms with Gasteiger partial charge in [-0.05, 0) is 45.0 Å². The number of nitro benzene ring substituents is 1. The van der Waals surface area contributed by atoms with E-state index in [1.54, 1.807) is 13.0 Å². The average molecular weight is 343 g/mol. The summed E-state index contributed by atoms with van der Waals surface area (Å²) in [7, 11) is 1.94. The van der Waals surface area contributed by atoms with E-state index in [4.69, 9.17) is 0 Å². The van der Waals surface area contributed by atoms with E-state index in [-0.39, 0.29) is 24.0 Å². The summed E-state index contributed by atoms with van der Waals surface area (Å²) in [6, 6.07) is 4.88. The minimum absolute atomic E-state index is 0. The van der Waals surface area contributed by atoms with Crippen molar-refractivity contribution in [1.29, 1.82) is 0 Å². The first kappa shape index (κ1) is 19.3. The number of carbonyl (C=O) groups is 1. The molecule has 0 bridgehead atoms. The van der Waals surface area contributed by atoms with Crippen molar-refractivity contribution in [3.63, 3.8) is 0 Å². The minimum atomic E-state index is -0.440. The zero-order valence-corrected chi connectivity index (χ0v) is 14.2. The lowest BCUT2D eigenvalue weighted by atomic mass is 10.1. The maximum atomic E-state index is 12.1. The molecule has 23 heavy (non-hydrogen) atoms. The van der Waals surface area contributed by atoms with Crippen LogP contribution in [0.1, 0.15) is 18.4 Å². The van der Waals surface area contributed by atoms with Gasteiger partial charge in [-0.15, -0.1) is 12.4 Å². The summed E-state index contributed by atoms with van der Waals surface area (Å²) in [4.78, 5) is 24.5. The van der Waals surface area contributed by atoms with Gasteiger partial charge in [-0.1, -0.05) is 0 Å². The van der Waals surface area contributed by atoms with Gasteiger partial charge in [0.05, 0.1) is 11.5 Å². The van der Waals surface area contributed by atoms with Gasteiger partial charge in [0.25, 0.3) is 5.69 Å². The van der Waals surface area contributed by atoms with Crippen LogP contribution < -0.4 is 10.6 Å².